The molecule has 1 fully saturated rings. The van der Waals surface area contributed by atoms with E-state index in [1.54, 1.807) is 12.1 Å². The largest absolute Gasteiger partial charge is 0.477 e. The summed E-state index contributed by atoms with van der Waals surface area (Å²) >= 11 is 0. The van der Waals surface area contributed by atoms with E-state index in [0.29, 0.717) is 0 Å². The molecule has 0 unspecified atom stereocenters. The molecule has 1 aromatic carbocycles. The molecule has 1 aromatic heterocycles. The molecule has 0 atom stereocenters. The molecule has 1 aliphatic rings. The van der Waals surface area contributed by atoms with E-state index < -0.39 is 34.5 Å². The van der Waals surface area contributed by atoms with Crippen molar-refractivity contribution in [2.24, 2.45) is 0 Å². The lowest BCUT2D eigenvalue weighted by Crippen LogP contribution is -2.19. The number of carbonyl (C=O) groups is 2. The number of carboxylic acids is 1. The number of hydrogen-bond donors (Lipinski definition) is 2. The van der Waals surface area contributed by atoms with Crippen molar-refractivity contribution < 1.29 is 23.5 Å². The fraction of sp³-hybridized carbons (Fsp3) is 0.176. The zero-order valence-electron chi connectivity index (χ0n) is 12.5. The number of ketones is 1. The van der Waals surface area contributed by atoms with Gasteiger partial charge in [0.1, 0.15) is 17.2 Å². The van der Waals surface area contributed by atoms with E-state index in [-0.39, 0.29) is 11.7 Å². The molecule has 1 saturated carbocycles. The summed E-state index contributed by atoms with van der Waals surface area (Å²) in [5.41, 5.74) is -1.31. The van der Waals surface area contributed by atoms with Crippen LogP contribution in [0.5, 0.6) is 0 Å². The minimum absolute atomic E-state index is 0.0639. The summed E-state index contributed by atoms with van der Waals surface area (Å²) in [7, 11) is 0. The first kappa shape index (κ1) is 15.9. The van der Waals surface area contributed by atoms with Crippen molar-refractivity contribution in [3.8, 4) is 5.69 Å². The molecule has 2 N–H and O–H groups in total. The van der Waals surface area contributed by atoms with E-state index in [2.05, 4.69) is 5.32 Å². The van der Waals surface area contributed by atoms with Gasteiger partial charge in [-0.3, -0.25) is 4.79 Å². The Kier molecular flexibility index (Phi) is 4.16. The molecule has 0 aliphatic heterocycles. The standard InChI is InChI=1S/C17H14F2N2O3/c18-13-8-15(21-5-1-2-6-21)14(19)7-11(13)16(22)12(17(23)24)9-20-10-3-4-10/h1-2,5-10,20H,3-4H2,(H,23,24). The van der Waals surface area contributed by atoms with E-state index in [4.69, 9.17) is 5.11 Å². The maximum absolute atomic E-state index is 14.3. The van der Waals surface area contributed by atoms with Crippen LogP contribution >= 0.6 is 0 Å². The van der Waals surface area contributed by atoms with Gasteiger partial charge in [-0.2, -0.15) is 0 Å². The fourth-order valence-electron chi connectivity index (χ4n) is 2.22. The van der Waals surface area contributed by atoms with Crippen molar-refractivity contribution in [1.29, 1.82) is 0 Å². The van der Waals surface area contributed by atoms with Crippen molar-refractivity contribution >= 4 is 11.8 Å². The predicted molar refractivity (Wildman–Crippen MR) is 81.9 cm³/mol. The Bertz CT molecular complexity index is 825. The second-order valence-electron chi connectivity index (χ2n) is 5.51. The number of carboxylic acid groups (broad SMARTS) is 1. The van der Waals surface area contributed by atoms with Gasteiger partial charge in [0, 0.05) is 30.7 Å². The van der Waals surface area contributed by atoms with Gasteiger partial charge in [-0.05, 0) is 31.0 Å². The van der Waals surface area contributed by atoms with Crippen molar-refractivity contribution in [2.45, 2.75) is 18.9 Å². The van der Waals surface area contributed by atoms with Crippen LogP contribution in [0.25, 0.3) is 5.69 Å². The summed E-state index contributed by atoms with van der Waals surface area (Å²) < 4.78 is 29.8. The number of carbonyl (C=O) groups excluding carboxylic acids is 1. The molecule has 124 valence electrons. The van der Waals surface area contributed by atoms with Crippen LogP contribution in [-0.2, 0) is 4.79 Å². The Morgan fingerprint density at radius 2 is 1.83 bits per heavy atom. The normalized spacial score (nSPS) is 14.5. The van der Waals surface area contributed by atoms with Crippen LogP contribution in [0.4, 0.5) is 8.78 Å². The van der Waals surface area contributed by atoms with Gasteiger partial charge in [0.25, 0.3) is 0 Å². The predicted octanol–water partition coefficient (Wildman–Crippen LogP) is 2.66. The smallest absolute Gasteiger partial charge is 0.341 e. The third-order valence-corrected chi connectivity index (χ3v) is 3.68. The lowest BCUT2D eigenvalue weighted by atomic mass is 10.0. The summed E-state index contributed by atoms with van der Waals surface area (Å²) in [5.74, 6) is -4.38. The average Bonchev–Trinajstić information content (AvgIpc) is 3.20. The number of hydrogen-bond acceptors (Lipinski definition) is 3. The van der Waals surface area contributed by atoms with Gasteiger partial charge in [0.15, 0.2) is 0 Å². The number of rotatable bonds is 6. The lowest BCUT2D eigenvalue weighted by Gasteiger charge is -2.09. The van der Waals surface area contributed by atoms with Gasteiger partial charge in [0.05, 0.1) is 11.3 Å². The van der Waals surface area contributed by atoms with Gasteiger partial charge in [0.2, 0.25) is 5.78 Å². The molecule has 0 radical (unpaired) electrons. The fourth-order valence-corrected chi connectivity index (χ4v) is 2.22. The summed E-state index contributed by atoms with van der Waals surface area (Å²) in [6.07, 6.45) is 5.88. The first-order valence-electron chi connectivity index (χ1n) is 7.34. The molecule has 0 amide bonds. The number of nitrogens with zero attached hydrogens (tertiary/aromatic N) is 1. The van der Waals surface area contributed by atoms with Crippen molar-refractivity contribution in [3.05, 3.63) is 65.6 Å². The molecule has 3 rings (SSSR count). The molecule has 5 nitrogen and oxygen atoms in total. The molecule has 0 bridgehead atoms. The highest BCUT2D eigenvalue weighted by molar-refractivity contribution is 6.23. The maximum Gasteiger partial charge on any atom is 0.341 e. The first-order valence-corrected chi connectivity index (χ1v) is 7.34. The van der Waals surface area contributed by atoms with E-state index in [0.717, 1.165) is 31.2 Å². The Morgan fingerprint density at radius 1 is 1.17 bits per heavy atom. The summed E-state index contributed by atoms with van der Waals surface area (Å²) in [6.45, 7) is 0. The molecule has 1 heterocycles. The van der Waals surface area contributed by atoms with Gasteiger partial charge < -0.3 is 15.0 Å². The number of Topliss-reactive ketones (excluding diaryl/α,β-unsaturated/α-hetero) is 1. The summed E-state index contributed by atoms with van der Waals surface area (Å²) in [6, 6.07) is 5.01. The monoisotopic (exact) mass is 332 g/mol. The van der Waals surface area contributed by atoms with Crippen molar-refractivity contribution in [3.63, 3.8) is 0 Å². The molecular formula is C17H14F2N2O3. The quantitative estimate of drug-likeness (QED) is 0.369. The zero-order valence-corrected chi connectivity index (χ0v) is 12.5. The Balaban J connectivity index is 1.95. The van der Waals surface area contributed by atoms with Crippen LogP contribution in [0.3, 0.4) is 0 Å². The second-order valence-corrected chi connectivity index (χ2v) is 5.51. The molecular weight excluding hydrogens is 318 g/mol. The molecule has 0 spiro atoms. The van der Waals surface area contributed by atoms with Crippen LogP contribution < -0.4 is 5.32 Å². The molecule has 2 aromatic rings. The van der Waals surface area contributed by atoms with Gasteiger partial charge in [-0.25, -0.2) is 13.6 Å². The van der Waals surface area contributed by atoms with Crippen LogP contribution in [0.15, 0.2) is 48.4 Å². The average molecular weight is 332 g/mol. The lowest BCUT2D eigenvalue weighted by molar-refractivity contribution is -0.132. The van der Waals surface area contributed by atoms with Crippen LogP contribution in [0.2, 0.25) is 0 Å². The molecule has 1 aliphatic carbocycles. The minimum atomic E-state index is -1.50. The number of nitrogens with one attached hydrogen (secondary N) is 1. The Hall–Kier alpha value is -2.96. The Labute approximate surface area is 136 Å². The first-order chi connectivity index (χ1) is 11.5. The molecule has 24 heavy (non-hydrogen) atoms. The number of benzene rings is 1. The van der Waals surface area contributed by atoms with Gasteiger partial charge in [-0.15, -0.1) is 0 Å². The third kappa shape index (κ3) is 3.19. The van der Waals surface area contributed by atoms with E-state index >= 15 is 0 Å². The number of aromatic nitrogens is 1. The summed E-state index contributed by atoms with van der Waals surface area (Å²) in [4.78, 5) is 23.5. The topological polar surface area (TPSA) is 71.3 Å². The highest BCUT2D eigenvalue weighted by Crippen LogP contribution is 2.22. The number of aliphatic carboxylic acids is 1. The molecule has 0 saturated heterocycles. The zero-order chi connectivity index (χ0) is 17.3. The molecule has 7 heteroatoms. The second kappa shape index (κ2) is 6.27. The van der Waals surface area contributed by atoms with Crippen LogP contribution in [0, 0.1) is 11.6 Å². The Morgan fingerprint density at radius 3 is 2.42 bits per heavy atom. The minimum Gasteiger partial charge on any atom is -0.477 e. The summed E-state index contributed by atoms with van der Waals surface area (Å²) in [5, 5.41) is 11.9. The maximum atomic E-state index is 14.3. The third-order valence-electron chi connectivity index (χ3n) is 3.68. The van der Waals surface area contributed by atoms with Gasteiger partial charge in [-0.1, -0.05) is 0 Å². The van der Waals surface area contributed by atoms with Crippen molar-refractivity contribution in [1.82, 2.24) is 9.88 Å². The van der Waals surface area contributed by atoms with E-state index in [1.807, 2.05) is 0 Å². The number of halogens is 2. The van der Waals surface area contributed by atoms with Crippen molar-refractivity contribution in [2.75, 3.05) is 0 Å². The van der Waals surface area contributed by atoms with Crippen LogP contribution in [0.1, 0.15) is 23.2 Å². The highest BCUT2D eigenvalue weighted by Gasteiger charge is 2.26. The van der Waals surface area contributed by atoms with Crippen LogP contribution in [-0.4, -0.2) is 27.5 Å². The highest BCUT2D eigenvalue weighted by atomic mass is 19.1. The SMILES string of the molecule is O=C(O)C(=CNC1CC1)C(=O)c1cc(F)c(-n2cccc2)cc1F. The van der Waals surface area contributed by atoms with E-state index in [9.17, 15) is 18.4 Å². The van der Waals surface area contributed by atoms with E-state index in [1.165, 1.54) is 17.0 Å². The van der Waals surface area contributed by atoms with Gasteiger partial charge >= 0.3 is 5.97 Å².